The van der Waals surface area contributed by atoms with Gasteiger partial charge in [0, 0.05) is 25.9 Å². The summed E-state index contributed by atoms with van der Waals surface area (Å²) in [5.74, 6) is -0.307. The Bertz CT molecular complexity index is 155. The molecule has 0 heterocycles. The normalized spacial score (nSPS) is 10.2. The van der Waals surface area contributed by atoms with Crippen molar-refractivity contribution in [1.82, 2.24) is 4.90 Å². The second-order valence-electron chi connectivity index (χ2n) is 2.67. The molecule has 0 spiro atoms. The Kier molecular flexibility index (Phi) is 6.15. The summed E-state index contributed by atoms with van der Waals surface area (Å²) >= 11 is 0. The fourth-order valence-electron chi connectivity index (χ4n) is 0.738. The maximum absolute atomic E-state index is 10.7. The van der Waals surface area contributed by atoms with Crippen molar-refractivity contribution in [3.63, 3.8) is 0 Å². The average molecular weight is 171 g/mol. The lowest BCUT2D eigenvalue weighted by atomic mass is 10.3. The van der Waals surface area contributed by atoms with Gasteiger partial charge in [-0.3, -0.25) is 0 Å². The Labute approximate surface area is 74.0 Å². The van der Waals surface area contributed by atoms with E-state index in [2.05, 4.69) is 11.7 Å². The number of ether oxygens (including phenoxy) is 1. The molecule has 0 unspecified atom stereocenters. The van der Waals surface area contributed by atoms with Gasteiger partial charge in [0.2, 0.25) is 0 Å². The number of hydrogen-bond donors (Lipinski definition) is 0. The van der Waals surface area contributed by atoms with E-state index in [0.29, 0.717) is 0 Å². The highest BCUT2D eigenvalue weighted by Crippen LogP contribution is 1.92. The molecule has 0 aliphatic rings. The lowest BCUT2D eigenvalue weighted by Crippen LogP contribution is -2.12. The lowest BCUT2D eigenvalue weighted by molar-refractivity contribution is -0.134. The van der Waals surface area contributed by atoms with Crippen LogP contribution in [0.3, 0.4) is 0 Å². The smallest absolute Gasteiger partial charge is 0.331 e. The number of nitrogens with zero attached hydrogens (tertiary/aromatic N) is 1. The first-order valence-corrected chi connectivity index (χ1v) is 4.17. The van der Waals surface area contributed by atoms with E-state index in [1.54, 1.807) is 6.20 Å². The van der Waals surface area contributed by atoms with E-state index >= 15 is 0 Å². The van der Waals surface area contributed by atoms with E-state index in [-0.39, 0.29) is 5.97 Å². The summed E-state index contributed by atoms with van der Waals surface area (Å²) in [7, 11) is 3.31. The highest BCUT2D eigenvalue weighted by atomic mass is 16.5. The molecule has 70 valence electrons. The second kappa shape index (κ2) is 6.70. The molecule has 0 N–H and O–H groups in total. The van der Waals surface area contributed by atoms with Crippen molar-refractivity contribution >= 4 is 5.97 Å². The molecule has 0 fully saturated rings. The molecule has 0 atom stereocenters. The fraction of sp³-hybridized carbons (Fsp3) is 0.667. The first-order valence-electron chi connectivity index (χ1n) is 4.17. The number of unbranched alkanes of at least 4 members (excludes halogenated alkanes) is 1. The van der Waals surface area contributed by atoms with Gasteiger partial charge in [0.25, 0.3) is 0 Å². The Morgan fingerprint density at radius 1 is 1.58 bits per heavy atom. The molecule has 0 aliphatic heterocycles. The fourth-order valence-corrected chi connectivity index (χ4v) is 0.738. The summed E-state index contributed by atoms with van der Waals surface area (Å²) in [6.07, 6.45) is 5.47. The summed E-state index contributed by atoms with van der Waals surface area (Å²) in [5.41, 5.74) is 0. The topological polar surface area (TPSA) is 29.5 Å². The van der Waals surface area contributed by atoms with Crippen LogP contribution >= 0.6 is 0 Å². The van der Waals surface area contributed by atoms with Gasteiger partial charge in [-0.2, -0.15) is 0 Å². The molecule has 0 rings (SSSR count). The quantitative estimate of drug-likeness (QED) is 0.462. The van der Waals surface area contributed by atoms with Gasteiger partial charge in [-0.15, -0.1) is 0 Å². The lowest BCUT2D eigenvalue weighted by Gasteiger charge is -2.11. The molecule has 0 bridgehead atoms. The van der Waals surface area contributed by atoms with E-state index in [0.717, 1.165) is 19.4 Å². The van der Waals surface area contributed by atoms with Gasteiger partial charge in [-0.25, -0.2) is 4.79 Å². The Morgan fingerprint density at radius 2 is 2.25 bits per heavy atom. The van der Waals surface area contributed by atoms with Crippen molar-refractivity contribution in [1.29, 1.82) is 0 Å². The maximum Gasteiger partial charge on any atom is 0.331 e. The van der Waals surface area contributed by atoms with Crippen LogP contribution in [0.25, 0.3) is 0 Å². The minimum Gasteiger partial charge on any atom is -0.466 e. The zero-order valence-electron chi connectivity index (χ0n) is 8.04. The maximum atomic E-state index is 10.7. The molecule has 0 aliphatic carbocycles. The van der Waals surface area contributed by atoms with Crippen LogP contribution < -0.4 is 0 Å². The van der Waals surface area contributed by atoms with Crippen molar-refractivity contribution in [2.45, 2.75) is 19.8 Å². The van der Waals surface area contributed by atoms with Crippen LogP contribution in [-0.4, -0.2) is 31.6 Å². The van der Waals surface area contributed by atoms with Crippen LogP contribution in [0.4, 0.5) is 0 Å². The Balaban J connectivity index is 3.59. The molecule has 12 heavy (non-hydrogen) atoms. The summed E-state index contributed by atoms with van der Waals surface area (Å²) in [6.45, 7) is 3.11. The van der Waals surface area contributed by atoms with Crippen LogP contribution in [-0.2, 0) is 9.53 Å². The predicted octanol–water partition coefficient (Wildman–Crippen LogP) is 1.41. The van der Waals surface area contributed by atoms with E-state index in [1.165, 1.54) is 13.2 Å². The van der Waals surface area contributed by atoms with Crippen molar-refractivity contribution < 1.29 is 9.53 Å². The largest absolute Gasteiger partial charge is 0.466 e. The van der Waals surface area contributed by atoms with Gasteiger partial charge < -0.3 is 9.64 Å². The molecular formula is C9H17NO2. The number of methoxy groups -OCH3 is 1. The number of rotatable bonds is 5. The molecule has 0 aromatic carbocycles. The molecule has 3 heteroatoms. The minimum absolute atomic E-state index is 0.307. The standard InChI is InChI=1S/C9H17NO2/c1-4-5-7-10(2)8-6-9(11)12-3/h6,8H,4-5,7H2,1-3H3. The van der Waals surface area contributed by atoms with Crippen molar-refractivity contribution in [2.24, 2.45) is 0 Å². The molecule has 0 amide bonds. The van der Waals surface area contributed by atoms with E-state index in [1.807, 2.05) is 11.9 Å². The first-order chi connectivity index (χ1) is 5.70. The molecule has 0 radical (unpaired) electrons. The van der Waals surface area contributed by atoms with Gasteiger partial charge in [-0.05, 0) is 6.42 Å². The van der Waals surface area contributed by atoms with Crippen molar-refractivity contribution in [2.75, 3.05) is 20.7 Å². The molecule has 0 saturated heterocycles. The van der Waals surface area contributed by atoms with Crippen molar-refractivity contribution in [3.05, 3.63) is 12.3 Å². The van der Waals surface area contributed by atoms with Crippen LogP contribution in [0.15, 0.2) is 12.3 Å². The summed E-state index contributed by atoms with van der Waals surface area (Å²) < 4.78 is 4.45. The number of hydrogen-bond acceptors (Lipinski definition) is 3. The third-order valence-electron chi connectivity index (χ3n) is 1.53. The van der Waals surface area contributed by atoms with Gasteiger partial charge in [0.1, 0.15) is 0 Å². The number of esters is 1. The van der Waals surface area contributed by atoms with Crippen LogP contribution in [0, 0.1) is 0 Å². The van der Waals surface area contributed by atoms with Gasteiger partial charge in [0.05, 0.1) is 7.11 Å². The zero-order valence-corrected chi connectivity index (χ0v) is 8.04. The second-order valence-corrected chi connectivity index (χ2v) is 2.67. The molecule has 0 aromatic rings. The van der Waals surface area contributed by atoms with Gasteiger partial charge in [-0.1, -0.05) is 13.3 Å². The van der Waals surface area contributed by atoms with E-state index in [4.69, 9.17) is 0 Å². The van der Waals surface area contributed by atoms with Gasteiger partial charge in [0.15, 0.2) is 0 Å². The summed E-state index contributed by atoms with van der Waals surface area (Å²) in [5, 5.41) is 0. The third-order valence-corrected chi connectivity index (χ3v) is 1.53. The van der Waals surface area contributed by atoms with Crippen molar-refractivity contribution in [3.8, 4) is 0 Å². The van der Waals surface area contributed by atoms with E-state index in [9.17, 15) is 4.79 Å². The van der Waals surface area contributed by atoms with Crippen LogP contribution in [0.5, 0.6) is 0 Å². The van der Waals surface area contributed by atoms with E-state index < -0.39 is 0 Å². The summed E-state index contributed by atoms with van der Waals surface area (Å²) in [6, 6.07) is 0. The third kappa shape index (κ3) is 5.77. The van der Waals surface area contributed by atoms with Crippen LogP contribution in [0.1, 0.15) is 19.8 Å². The van der Waals surface area contributed by atoms with Crippen LogP contribution in [0.2, 0.25) is 0 Å². The Morgan fingerprint density at radius 3 is 2.75 bits per heavy atom. The summed E-state index contributed by atoms with van der Waals surface area (Å²) in [4.78, 5) is 12.6. The SMILES string of the molecule is CCCCN(C)C=CC(=O)OC. The first kappa shape index (κ1) is 11.0. The minimum atomic E-state index is -0.307. The monoisotopic (exact) mass is 171 g/mol. The highest BCUT2D eigenvalue weighted by Gasteiger charge is 1.93. The molecular weight excluding hydrogens is 154 g/mol. The number of carbonyl (C=O) groups is 1. The Hall–Kier alpha value is -0.990. The molecule has 0 saturated carbocycles. The highest BCUT2D eigenvalue weighted by molar-refractivity contribution is 5.81. The molecule has 0 aromatic heterocycles. The number of carbonyl (C=O) groups excluding carboxylic acids is 1. The molecule has 3 nitrogen and oxygen atoms in total. The average Bonchev–Trinajstić information content (AvgIpc) is 2.10. The zero-order chi connectivity index (χ0) is 9.40. The predicted molar refractivity (Wildman–Crippen MR) is 48.7 cm³/mol. The van der Waals surface area contributed by atoms with Gasteiger partial charge >= 0.3 is 5.97 Å².